The van der Waals surface area contributed by atoms with Crippen LogP contribution >= 0.6 is 0 Å². The lowest BCUT2D eigenvalue weighted by molar-refractivity contribution is -0.167. The van der Waals surface area contributed by atoms with Gasteiger partial charge in [0.05, 0.1) is 0 Å². The minimum absolute atomic E-state index is 0.0850. The van der Waals surface area contributed by atoms with E-state index in [1.807, 2.05) is 0 Å². The van der Waals surface area contributed by atoms with Crippen molar-refractivity contribution in [2.24, 2.45) is 0 Å². The van der Waals surface area contributed by atoms with E-state index in [4.69, 9.17) is 14.2 Å². The first-order valence-corrected chi connectivity index (χ1v) is 23.3. The molecule has 0 radical (unpaired) electrons. The van der Waals surface area contributed by atoms with E-state index in [2.05, 4.69) is 81.5 Å². The summed E-state index contributed by atoms with van der Waals surface area (Å²) < 4.78 is 16.6. The fraction of sp³-hybridized carbons (Fsp3) is 0.740. The lowest BCUT2D eigenvalue weighted by Crippen LogP contribution is -2.30. The van der Waals surface area contributed by atoms with E-state index in [1.165, 1.54) is 70.6 Å². The average molecular weight is 783 g/mol. The Balaban J connectivity index is 4.28. The molecule has 6 nitrogen and oxygen atoms in total. The zero-order valence-corrected chi connectivity index (χ0v) is 36.6. The summed E-state index contributed by atoms with van der Waals surface area (Å²) in [6, 6.07) is 0. The van der Waals surface area contributed by atoms with E-state index in [9.17, 15) is 14.4 Å². The number of allylic oxidation sites excluding steroid dienone is 10. The number of rotatable bonds is 41. The lowest BCUT2D eigenvalue weighted by atomic mass is 10.1. The Labute approximate surface area is 345 Å². The van der Waals surface area contributed by atoms with Crippen LogP contribution in [-0.4, -0.2) is 37.2 Å². The molecule has 0 rings (SSSR count). The van der Waals surface area contributed by atoms with Gasteiger partial charge in [-0.3, -0.25) is 14.4 Å². The first kappa shape index (κ1) is 53.1. The summed E-state index contributed by atoms with van der Waals surface area (Å²) in [7, 11) is 0. The molecule has 0 bridgehead atoms. The molecule has 0 fully saturated rings. The predicted octanol–water partition coefficient (Wildman–Crippen LogP) is 14.9. The van der Waals surface area contributed by atoms with E-state index >= 15 is 0 Å². The summed E-state index contributed by atoms with van der Waals surface area (Å²) in [5.74, 6) is -0.925. The van der Waals surface area contributed by atoms with E-state index < -0.39 is 6.10 Å². The van der Waals surface area contributed by atoms with Crippen LogP contribution in [0.1, 0.15) is 220 Å². The molecule has 0 amide bonds. The number of hydrogen-bond donors (Lipinski definition) is 0. The van der Waals surface area contributed by atoms with Crippen LogP contribution in [0.4, 0.5) is 0 Å². The van der Waals surface area contributed by atoms with Gasteiger partial charge in [-0.05, 0) is 83.5 Å². The van der Waals surface area contributed by atoms with Gasteiger partial charge in [0, 0.05) is 19.3 Å². The molecule has 1 unspecified atom stereocenters. The average Bonchev–Trinajstić information content (AvgIpc) is 3.19. The van der Waals surface area contributed by atoms with Crippen molar-refractivity contribution in [3.63, 3.8) is 0 Å². The van der Waals surface area contributed by atoms with Crippen LogP contribution in [0.2, 0.25) is 0 Å². The normalized spacial score (nSPS) is 12.6. The Kier molecular flexibility index (Phi) is 42.5. The van der Waals surface area contributed by atoms with Crippen molar-refractivity contribution in [1.82, 2.24) is 0 Å². The van der Waals surface area contributed by atoms with Gasteiger partial charge in [-0.25, -0.2) is 0 Å². The van der Waals surface area contributed by atoms with E-state index in [1.54, 1.807) is 0 Å². The molecule has 0 aromatic carbocycles. The molecular formula is C50H86O6. The van der Waals surface area contributed by atoms with Crippen molar-refractivity contribution in [2.75, 3.05) is 13.2 Å². The predicted molar refractivity (Wildman–Crippen MR) is 238 cm³/mol. The monoisotopic (exact) mass is 783 g/mol. The number of carbonyl (C=O) groups is 3. The SMILES string of the molecule is CCC/C=C\C/C=C\CCCCCCCC(=O)OC(COC(=O)CCCCCCCC)COC(=O)CCCCCCCC/C=C\C/C=C\C/C=C\CCCCC. The topological polar surface area (TPSA) is 78.9 Å². The number of hydrogen-bond acceptors (Lipinski definition) is 6. The van der Waals surface area contributed by atoms with Gasteiger partial charge >= 0.3 is 17.9 Å². The Morgan fingerprint density at radius 3 is 1.11 bits per heavy atom. The van der Waals surface area contributed by atoms with Crippen LogP contribution in [0.3, 0.4) is 0 Å². The maximum Gasteiger partial charge on any atom is 0.306 e. The molecule has 0 N–H and O–H groups in total. The lowest BCUT2D eigenvalue weighted by Gasteiger charge is -2.18. The number of unbranched alkanes of at least 4 members (excludes halogenated alkanes) is 20. The second-order valence-corrected chi connectivity index (χ2v) is 15.3. The molecule has 0 heterocycles. The number of esters is 3. The summed E-state index contributed by atoms with van der Waals surface area (Å²) in [4.78, 5) is 37.6. The van der Waals surface area contributed by atoms with Gasteiger partial charge in [-0.2, -0.15) is 0 Å². The zero-order chi connectivity index (χ0) is 40.8. The smallest absolute Gasteiger partial charge is 0.306 e. The fourth-order valence-electron chi connectivity index (χ4n) is 6.19. The third-order valence-electron chi connectivity index (χ3n) is 9.73. The van der Waals surface area contributed by atoms with Gasteiger partial charge in [-0.1, -0.05) is 178 Å². The Morgan fingerprint density at radius 1 is 0.357 bits per heavy atom. The molecule has 6 heteroatoms. The van der Waals surface area contributed by atoms with Gasteiger partial charge in [-0.15, -0.1) is 0 Å². The summed E-state index contributed by atoms with van der Waals surface area (Å²) >= 11 is 0. The van der Waals surface area contributed by atoms with Crippen molar-refractivity contribution in [2.45, 2.75) is 226 Å². The second-order valence-electron chi connectivity index (χ2n) is 15.3. The first-order chi connectivity index (χ1) is 27.5. The molecule has 0 saturated heterocycles. The van der Waals surface area contributed by atoms with E-state index in [0.29, 0.717) is 19.3 Å². The van der Waals surface area contributed by atoms with Crippen molar-refractivity contribution in [3.8, 4) is 0 Å². The molecule has 0 aromatic heterocycles. The van der Waals surface area contributed by atoms with Crippen LogP contribution < -0.4 is 0 Å². The highest BCUT2D eigenvalue weighted by atomic mass is 16.6. The largest absolute Gasteiger partial charge is 0.462 e. The van der Waals surface area contributed by atoms with Crippen LogP contribution in [0.25, 0.3) is 0 Å². The van der Waals surface area contributed by atoms with E-state index in [0.717, 1.165) is 109 Å². The van der Waals surface area contributed by atoms with Crippen molar-refractivity contribution >= 4 is 17.9 Å². The minimum Gasteiger partial charge on any atom is -0.462 e. The molecule has 0 aliphatic heterocycles. The Morgan fingerprint density at radius 2 is 0.679 bits per heavy atom. The van der Waals surface area contributed by atoms with Gasteiger partial charge in [0.1, 0.15) is 13.2 Å². The number of carbonyl (C=O) groups excluding carboxylic acids is 3. The fourth-order valence-corrected chi connectivity index (χ4v) is 6.19. The molecule has 0 aliphatic carbocycles. The molecule has 56 heavy (non-hydrogen) atoms. The maximum absolute atomic E-state index is 12.7. The minimum atomic E-state index is -0.782. The van der Waals surface area contributed by atoms with Crippen LogP contribution in [-0.2, 0) is 28.6 Å². The molecule has 0 spiro atoms. The highest BCUT2D eigenvalue weighted by Gasteiger charge is 2.19. The quantitative estimate of drug-likeness (QED) is 0.0266. The van der Waals surface area contributed by atoms with Gasteiger partial charge in [0.25, 0.3) is 0 Å². The zero-order valence-electron chi connectivity index (χ0n) is 36.6. The van der Waals surface area contributed by atoms with Crippen LogP contribution in [0.5, 0.6) is 0 Å². The van der Waals surface area contributed by atoms with Crippen LogP contribution in [0.15, 0.2) is 60.8 Å². The first-order valence-electron chi connectivity index (χ1n) is 23.3. The number of ether oxygens (including phenoxy) is 3. The van der Waals surface area contributed by atoms with Crippen molar-refractivity contribution < 1.29 is 28.6 Å². The molecule has 0 aliphatic rings. The standard InChI is InChI=1S/C50H86O6/c1-4-7-10-13-16-18-20-22-23-24-25-26-27-29-30-32-34-37-40-43-49(52)55-46-47(45-54-48(51)42-39-36-15-12-9-6-3)56-50(53)44-41-38-35-33-31-28-21-19-17-14-11-8-5-2/h11,14,16,18-19,21-23,25-26,47H,4-10,12-13,15,17,20,24,27-46H2,1-3H3/b14-11-,18-16-,21-19-,23-22-,26-25-. The summed E-state index contributed by atoms with van der Waals surface area (Å²) in [6.07, 6.45) is 53.6. The highest BCUT2D eigenvalue weighted by molar-refractivity contribution is 5.71. The van der Waals surface area contributed by atoms with Gasteiger partial charge in [0.15, 0.2) is 6.10 Å². The third kappa shape index (κ3) is 42.3. The molecular weight excluding hydrogens is 697 g/mol. The summed E-state index contributed by atoms with van der Waals surface area (Å²) in [5.41, 5.74) is 0. The van der Waals surface area contributed by atoms with E-state index in [-0.39, 0.29) is 31.1 Å². The molecule has 0 saturated carbocycles. The Hall–Kier alpha value is -2.89. The van der Waals surface area contributed by atoms with Crippen LogP contribution in [0, 0.1) is 0 Å². The van der Waals surface area contributed by atoms with Gasteiger partial charge in [0.2, 0.25) is 0 Å². The third-order valence-corrected chi connectivity index (χ3v) is 9.73. The second kappa shape index (κ2) is 44.8. The van der Waals surface area contributed by atoms with Gasteiger partial charge < -0.3 is 14.2 Å². The molecule has 1 atom stereocenters. The maximum atomic E-state index is 12.7. The molecule has 322 valence electrons. The van der Waals surface area contributed by atoms with Crippen molar-refractivity contribution in [3.05, 3.63) is 60.8 Å². The highest BCUT2D eigenvalue weighted by Crippen LogP contribution is 2.13. The summed E-state index contributed by atoms with van der Waals surface area (Å²) in [5, 5.41) is 0. The molecule has 0 aromatic rings. The Bertz CT molecular complexity index is 1040. The van der Waals surface area contributed by atoms with Crippen molar-refractivity contribution in [1.29, 1.82) is 0 Å². The summed E-state index contributed by atoms with van der Waals surface area (Å²) in [6.45, 7) is 6.45.